The van der Waals surface area contributed by atoms with Crippen molar-refractivity contribution in [3.63, 3.8) is 0 Å². The van der Waals surface area contributed by atoms with Crippen LogP contribution in [0.2, 0.25) is 0 Å². The molecule has 1 aromatic rings. The average Bonchev–Trinajstić information content (AvgIpc) is 2.42. The summed E-state index contributed by atoms with van der Waals surface area (Å²) in [4.78, 5) is 4.05. The Bertz CT molecular complexity index is 509. The number of alkyl halides is 3. The van der Waals surface area contributed by atoms with E-state index in [-0.39, 0.29) is 12.1 Å². The molecule has 0 radical (unpaired) electrons. The van der Waals surface area contributed by atoms with Crippen molar-refractivity contribution in [2.24, 2.45) is 4.99 Å². The molecule has 3 nitrogen and oxygen atoms in total. The quantitative estimate of drug-likeness (QED) is 0.379. The Labute approximate surface area is 120 Å². The van der Waals surface area contributed by atoms with Gasteiger partial charge in [-0.15, -0.1) is 6.58 Å². The number of aliphatic imine (C=N–C) groups is 1. The molecule has 0 aliphatic carbocycles. The van der Waals surface area contributed by atoms with Crippen molar-refractivity contribution in [2.45, 2.75) is 19.6 Å². The molecule has 0 heterocycles. The Morgan fingerprint density at radius 3 is 2.62 bits per heavy atom. The molecule has 0 saturated carbocycles. The largest absolute Gasteiger partial charge is 0.416 e. The van der Waals surface area contributed by atoms with Crippen LogP contribution in [0.4, 0.5) is 17.6 Å². The van der Waals surface area contributed by atoms with E-state index in [2.05, 4.69) is 22.2 Å². The summed E-state index contributed by atoms with van der Waals surface area (Å²) in [5.41, 5.74) is -1.09. The molecule has 0 spiro atoms. The minimum atomic E-state index is -4.61. The molecule has 0 unspecified atom stereocenters. The first-order valence-electron chi connectivity index (χ1n) is 6.37. The minimum absolute atomic E-state index is 0.0836. The molecule has 0 aliphatic rings. The molecule has 0 amide bonds. The molecule has 1 aromatic carbocycles. The standard InChI is InChI=1S/C14H17F4N3/c1-3-7-20-13(19-4-2)21-9-10-5-6-11(15)8-12(10)14(16,17)18/h3,5-6,8H,1,4,7,9H2,2H3,(H2,19,20,21). The first kappa shape index (κ1) is 17.0. The molecule has 0 aromatic heterocycles. The lowest BCUT2D eigenvalue weighted by Gasteiger charge is -2.13. The van der Waals surface area contributed by atoms with E-state index in [0.717, 1.165) is 12.1 Å². The lowest BCUT2D eigenvalue weighted by atomic mass is 10.1. The second-order valence-electron chi connectivity index (χ2n) is 4.16. The van der Waals surface area contributed by atoms with Crippen molar-refractivity contribution in [3.05, 3.63) is 47.8 Å². The van der Waals surface area contributed by atoms with Crippen LogP contribution >= 0.6 is 0 Å². The van der Waals surface area contributed by atoms with Gasteiger partial charge in [-0.2, -0.15) is 13.2 Å². The highest BCUT2D eigenvalue weighted by molar-refractivity contribution is 5.79. The van der Waals surface area contributed by atoms with E-state index in [1.165, 1.54) is 0 Å². The predicted octanol–water partition coefficient (Wildman–Crippen LogP) is 3.09. The van der Waals surface area contributed by atoms with Gasteiger partial charge in [0.25, 0.3) is 0 Å². The van der Waals surface area contributed by atoms with Gasteiger partial charge in [0.05, 0.1) is 12.1 Å². The molecule has 116 valence electrons. The SMILES string of the molecule is C=CCNC(=NCc1ccc(F)cc1C(F)(F)F)NCC. The summed E-state index contributed by atoms with van der Waals surface area (Å²) in [6, 6.07) is 2.57. The fraction of sp³-hybridized carbons (Fsp3) is 0.357. The van der Waals surface area contributed by atoms with Crippen molar-refractivity contribution in [1.82, 2.24) is 10.6 Å². The molecule has 0 aliphatic heterocycles. The van der Waals surface area contributed by atoms with Gasteiger partial charge in [0.2, 0.25) is 0 Å². The molecule has 0 fully saturated rings. The van der Waals surface area contributed by atoms with E-state index in [9.17, 15) is 17.6 Å². The number of nitrogens with zero attached hydrogens (tertiary/aromatic N) is 1. The van der Waals surface area contributed by atoms with E-state index < -0.39 is 17.6 Å². The van der Waals surface area contributed by atoms with Crippen LogP contribution in [0.25, 0.3) is 0 Å². The zero-order valence-electron chi connectivity index (χ0n) is 11.6. The molecular weight excluding hydrogens is 286 g/mol. The maximum atomic E-state index is 13.0. The van der Waals surface area contributed by atoms with E-state index >= 15 is 0 Å². The third kappa shape index (κ3) is 5.45. The lowest BCUT2D eigenvalue weighted by molar-refractivity contribution is -0.138. The topological polar surface area (TPSA) is 36.4 Å². The number of hydrogen-bond donors (Lipinski definition) is 2. The lowest BCUT2D eigenvalue weighted by Crippen LogP contribution is -2.37. The summed E-state index contributed by atoms with van der Waals surface area (Å²) >= 11 is 0. The molecule has 0 bridgehead atoms. The molecule has 1 rings (SSSR count). The van der Waals surface area contributed by atoms with Crippen molar-refractivity contribution in [3.8, 4) is 0 Å². The van der Waals surface area contributed by atoms with Gasteiger partial charge in [0, 0.05) is 13.1 Å². The van der Waals surface area contributed by atoms with E-state index in [1.54, 1.807) is 6.08 Å². The number of benzene rings is 1. The maximum absolute atomic E-state index is 13.0. The highest BCUT2D eigenvalue weighted by Crippen LogP contribution is 2.32. The second-order valence-corrected chi connectivity index (χ2v) is 4.16. The summed E-state index contributed by atoms with van der Waals surface area (Å²) < 4.78 is 51.5. The number of rotatable bonds is 5. The number of hydrogen-bond acceptors (Lipinski definition) is 1. The Morgan fingerprint density at radius 2 is 2.05 bits per heavy atom. The van der Waals surface area contributed by atoms with Crippen molar-refractivity contribution in [1.29, 1.82) is 0 Å². The minimum Gasteiger partial charge on any atom is -0.357 e. The smallest absolute Gasteiger partial charge is 0.357 e. The Balaban J connectivity index is 2.97. The fourth-order valence-corrected chi connectivity index (χ4v) is 1.63. The van der Waals surface area contributed by atoms with Crippen LogP contribution in [0.15, 0.2) is 35.8 Å². The van der Waals surface area contributed by atoms with Crippen LogP contribution in [0.1, 0.15) is 18.1 Å². The van der Waals surface area contributed by atoms with E-state index in [0.29, 0.717) is 25.1 Å². The molecule has 2 N–H and O–H groups in total. The number of nitrogens with one attached hydrogen (secondary N) is 2. The van der Waals surface area contributed by atoms with Gasteiger partial charge in [-0.1, -0.05) is 12.1 Å². The predicted molar refractivity (Wildman–Crippen MR) is 74.4 cm³/mol. The zero-order chi connectivity index (χ0) is 15.9. The van der Waals surface area contributed by atoms with Crippen molar-refractivity contribution < 1.29 is 17.6 Å². The zero-order valence-corrected chi connectivity index (χ0v) is 11.6. The molecule has 7 heteroatoms. The third-order valence-electron chi connectivity index (χ3n) is 2.54. The first-order valence-corrected chi connectivity index (χ1v) is 6.37. The monoisotopic (exact) mass is 303 g/mol. The van der Waals surface area contributed by atoms with Gasteiger partial charge in [-0.25, -0.2) is 9.38 Å². The molecule has 0 atom stereocenters. The van der Waals surface area contributed by atoms with Gasteiger partial charge in [-0.05, 0) is 24.6 Å². The van der Waals surface area contributed by atoms with Gasteiger partial charge < -0.3 is 10.6 Å². The van der Waals surface area contributed by atoms with Crippen LogP contribution in [-0.4, -0.2) is 19.0 Å². The first-order chi connectivity index (χ1) is 9.88. The van der Waals surface area contributed by atoms with Crippen molar-refractivity contribution in [2.75, 3.05) is 13.1 Å². The van der Waals surface area contributed by atoms with E-state index in [1.807, 2.05) is 6.92 Å². The average molecular weight is 303 g/mol. The molecule has 0 saturated heterocycles. The van der Waals surface area contributed by atoms with Crippen LogP contribution in [0, 0.1) is 5.82 Å². The normalized spacial score (nSPS) is 12.1. The summed E-state index contributed by atoms with van der Waals surface area (Å²) in [5.74, 6) is -0.554. The van der Waals surface area contributed by atoms with Crippen LogP contribution in [0.5, 0.6) is 0 Å². The second kappa shape index (κ2) is 7.66. The Hall–Kier alpha value is -2.05. The van der Waals surface area contributed by atoms with Crippen LogP contribution in [0.3, 0.4) is 0 Å². The van der Waals surface area contributed by atoms with Gasteiger partial charge in [-0.3, -0.25) is 0 Å². The highest BCUT2D eigenvalue weighted by Gasteiger charge is 2.33. The van der Waals surface area contributed by atoms with E-state index in [4.69, 9.17) is 0 Å². The van der Waals surface area contributed by atoms with Crippen LogP contribution < -0.4 is 10.6 Å². The van der Waals surface area contributed by atoms with Gasteiger partial charge in [0.15, 0.2) is 5.96 Å². The van der Waals surface area contributed by atoms with Gasteiger partial charge in [0.1, 0.15) is 5.82 Å². The third-order valence-corrected chi connectivity index (χ3v) is 2.54. The summed E-state index contributed by atoms with van der Waals surface area (Å²) in [6.07, 6.45) is -3.01. The summed E-state index contributed by atoms with van der Waals surface area (Å²) in [6.45, 7) is 6.16. The summed E-state index contributed by atoms with van der Waals surface area (Å²) in [7, 11) is 0. The van der Waals surface area contributed by atoms with Gasteiger partial charge >= 0.3 is 6.18 Å². The number of halogens is 4. The molecule has 21 heavy (non-hydrogen) atoms. The highest BCUT2D eigenvalue weighted by atomic mass is 19.4. The van der Waals surface area contributed by atoms with Crippen molar-refractivity contribution >= 4 is 5.96 Å². The molecular formula is C14H17F4N3. The Morgan fingerprint density at radius 1 is 1.33 bits per heavy atom. The fourth-order valence-electron chi connectivity index (χ4n) is 1.63. The van der Waals surface area contributed by atoms with Crippen LogP contribution in [-0.2, 0) is 12.7 Å². The summed E-state index contributed by atoms with van der Waals surface area (Å²) in [5, 5.41) is 5.77. The number of guanidine groups is 1. The Kier molecular flexibility index (Phi) is 6.20. The maximum Gasteiger partial charge on any atom is 0.416 e.